The minimum Gasteiger partial charge on any atom is -0.480 e. The normalized spacial score (nSPS) is 17.1. The molecule has 0 aliphatic carbocycles. The van der Waals surface area contributed by atoms with Crippen LogP contribution in [0.1, 0.15) is 5.56 Å². The highest BCUT2D eigenvalue weighted by Gasteiger charge is 2.21. The fraction of sp³-hybridized carbons (Fsp3) is 0.421. The van der Waals surface area contributed by atoms with Crippen molar-refractivity contribution in [3.8, 4) is 5.88 Å². The summed E-state index contributed by atoms with van der Waals surface area (Å²) in [6.45, 7) is 3.41. The molecule has 29 heavy (non-hydrogen) atoms. The highest BCUT2D eigenvalue weighted by Crippen LogP contribution is 2.23. The molecule has 2 heterocycles. The summed E-state index contributed by atoms with van der Waals surface area (Å²) in [5.41, 5.74) is 1.10. The number of hydrogen-bond acceptors (Lipinski definition) is 7. The van der Waals surface area contributed by atoms with Gasteiger partial charge >= 0.3 is 0 Å². The number of thioether (sulfide) groups is 1. The Morgan fingerprint density at radius 1 is 1.31 bits per heavy atom. The fourth-order valence-corrected chi connectivity index (χ4v) is 3.82. The third kappa shape index (κ3) is 7.01. The van der Waals surface area contributed by atoms with Gasteiger partial charge in [0.25, 0.3) is 0 Å². The Labute approximate surface area is 184 Å². The third-order valence-electron chi connectivity index (χ3n) is 4.32. The van der Waals surface area contributed by atoms with Crippen molar-refractivity contribution in [2.45, 2.75) is 17.7 Å². The summed E-state index contributed by atoms with van der Waals surface area (Å²) >= 11 is 13.4. The molecule has 1 N–H and O–H groups in total. The van der Waals surface area contributed by atoms with Gasteiger partial charge in [0.1, 0.15) is 5.03 Å². The van der Waals surface area contributed by atoms with Crippen LogP contribution in [0.5, 0.6) is 5.88 Å². The summed E-state index contributed by atoms with van der Waals surface area (Å²) < 4.78 is 10.7. The van der Waals surface area contributed by atoms with E-state index in [1.807, 2.05) is 18.2 Å². The van der Waals surface area contributed by atoms with Gasteiger partial charge in [-0.2, -0.15) is 0 Å². The predicted molar refractivity (Wildman–Crippen MR) is 114 cm³/mol. The van der Waals surface area contributed by atoms with Crippen molar-refractivity contribution in [1.29, 1.82) is 0 Å². The quantitative estimate of drug-likeness (QED) is 0.611. The molecule has 1 aromatic heterocycles. The smallest absolute Gasteiger partial charge is 0.233 e. The van der Waals surface area contributed by atoms with E-state index in [-0.39, 0.29) is 17.8 Å². The maximum absolute atomic E-state index is 12.1. The van der Waals surface area contributed by atoms with Crippen LogP contribution in [0.4, 0.5) is 0 Å². The number of benzene rings is 1. The molecule has 156 valence electrons. The number of methoxy groups -OCH3 is 1. The molecule has 10 heteroatoms. The average Bonchev–Trinajstić information content (AvgIpc) is 2.74. The zero-order valence-electron chi connectivity index (χ0n) is 15.9. The van der Waals surface area contributed by atoms with Crippen molar-refractivity contribution in [2.24, 2.45) is 0 Å². The molecule has 1 aromatic carbocycles. The Balaban J connectivity index is 1.40. The zero-order chi connectivity index (χ0) is 20.6. The second kappa shape index (κ2) is 11.0. The molecule has 1 aliphatic heterocycles. The minimum atomic E-state index is -0.0715. The van der Waals surface area contributed by atoms with Crippen LogP contribution in [0.15, 0.2) is 35.4 Å². The number of hydrogen-bond donors (Lipinski definition) is 1. The SMILES string of the molecule is COc1ccc(SCC(=O)NC[C@H]2CN(Cc3ccc(Cl)c(Cl)c3)CCO2)nn1. The third-order valence-corrected chi connectivity index (χ3v) is 5.97. The molecular weight excluding hydrogens is 435 g/mol. The first-order valence-electron chi connectivity index (χ1n) is 9.08. The number of ether oxygens (including phenoxy) is 2. The lowest BCUT2D eigenvalue weighted by molar-refractivity contribution is -0.119. The molecule has 0 unspecified atom stereocenters. The van der Waals surface area contributed by atoms with Gasteiger partial charge < -0.3 is 14.8 Å². The van der Waals surface area contributed by atoms with Crippen molar-refractivity contribution >= 4 is 40.9 Å². The van der Waals surface area contributed by atoms with Gasteiger partial charge in [0.05, 0.1) is 35.6 Å². The Kier molecular flexibility index (Phi) is 8.38. The molecule has 1 aliphatic rings. The van der Waals surface area contributed by atoms with Crippen molar-refractivity contribution in [1.82, 2.24) is 20.4 Å². The Bertz CT molecular complexity index is 826. The summed E-state index contributed by atoms with van der Waals surface area (Å²) in [5.74, 6) is 0.636. The number of amides is 1. The van der Waals surface area contributed by atoms with Crippen LogP contribution in [0.25, 0.3) is 0 Å². The molecule has 1 atom stereocenters. The number of halogens is 2. The first kappa shape index (κ1) is 22.1. The van der Waals surface area contributed by atoms with Crippen molar-refractivity contribution in [3.05, 3.63) is 45.9 Å². The van der Waals surface area contributed by atoms with E-state index in [2.05, 4.69) is 20.4 Å². The maximum atomic E-state index is 12.1. The first-order chi connectivity index (χ1) is 14.0. The van der Waals surface area contributed by atoms with Crippen LogP contribution in [0.3, 0.4) is 0 Å². The summed E-state index contributed by atoms with van der Waals surface area (Å²) in [6.07, 6.45) is -0.0544. The van der Waals surface area contributed by atoms with Crippen molar-refractivity contribution < 1.29 is 14.3 Å². The van der Waals surface area contributed by atoms with E-state index >= 15 is 0 Å². The van der Waals surface area contributed by atoms with E-state index in [0.717, 1.165) is 25.2 Å². The highest BCUT2D eigenvalue weighted by atomic mass is 35.5. The number of carbonyl (C=O) groups excluding carboxylic acids is 1. The van der Waals surface area contributed by atoms with Crippen LogP contribution in [-0.4, -0.2) is 66.2 Å². The molecule has 7 nitrogen and oxygen atoms in total. The summed E-state index contributed by atoms with van der Waals surface area (Å²) in [5, 5.41) is 12.6. The van der Waals surface area contributed by atoms with E-state index in [0.29, 0.717) is 34.1 Å². The monoisotopic (exact) mass is 456 g/mol. The standard InChI is InChI=1S/C19H22Cl2N4O3S/c1-27-18-4-5-19(24-23-18)29-12-17(26)22-9-14-11-25(6-7-28-14)10-13-2-3-15(20)16(21)8-13/h2-5,8,14H,6-7,9-12H2,1H3,(H,22,26)/t14-/m0/s1. The molecule has 2 aromatic rings. The topological polar surface area (TPSA) is 76.6 Å². The lowest BCUT2D eigenvalue weighted by atomic mass is 10.2. The van der Waals surface area contributed by atoms with Gasteiger partial charge in [-0.1, -0.05) is 41.0 Å². The van der Waals surface area contributed by atoms with Gasteiger partial charge in [0, 0.05) is 32.2 Å². The maximum Gasteiger partial charge on any atom is 0.233 e. The number of nitrogens with one attached hydrogen (secondary N) is 1. The van der Waals surface area contributed by atoms with Gasteiger partial charge in [-0.25, -0.2) is 0 Å². The number of nitrogens with zero attached hydrogens (tertiary/aromatic N) is 3. The number of rotatable bonds is 8. The molecule has 1 amide bonds. The van der Waals surface area contributed by atoms with Crippen LogP contribution in [0.2, 0.25) is 10.0 Å². The largest absolute Gasteiger partial charge is 0.480 e. The Hall–Kier alpha value is -1.58. The fourth-order valence-electron chi connectivity index (χ4n) is 2.86. The van der Waals surface area contributed by atoms with Gasteiger partial charge in [0.15, 0.2) is 0 Å². The van der Waals surface area contributed by atoms with E-state index in [1.165, 1.54) is 18.9 Å². The molecular formula is C19H22Cl2N4O3S. The second-order valence-corrected chi connectivity index (χ2v) is 8.29. The number of morpholine rings is 1. The van der Waals surface area contributed by atoms with Crippen LogP contribution in [-0.2, 0) is 16.1 Å². The van der Waals surface area contributed by atoms with E-state index in [1.54, 1.807) is 12.1 Å². The van der Waals surface area contributed by atoms with Gasteiger partial charge in [-0.3, -0.25) is 9.69 Å². The highest BCUT2D eigenvalue weighted by molar-refractivity contribution is 7.99. The molecule has 1 fully saturated rings. The Morgan fingerprint density at radius 3 is 2.90 bits per heavy atom. The summed E-state index contributed by atoms with van der Waals surface area (Å²) in [4.78, 5) is 14.4. The molecule has 1 saturated heterocycles. The van der Waals surface area contributed by atoms with Crippen molar-refractivity contribution in [2.75, 3.05) is 39.1 Å². The lowest BCUT2D eigenvalue weighted by Gasteiger charge is -2.33. The predicted octanol–water partition coefficient (Wildman–Crippen LogP) is 2.90. The summed E-state index contributed by atoms with van der Waals surface area (Å²) in [7, 11) is 1.53. The molecule has 0 saturated carbocycles. The molecule has 0 bridgehead atoms. The molecule has 3 rings (SSSR count). The Morgan fingerprint density at radius 2 is 2.17 bits per heavy atom. The average molecular weight is 457 g/mol. The van der Waals surface area contributed by atoms with E-state index < -0.39 is 0 Å². The second-order valence-electron chi connectivity index (χ2n) is 6.48. The van der Waals surface area contributed by atoms with Gasteiger partial charge in [0.2, 0.25) is 11.8 Å². The van der Waals surface area contributed by atoms with Crippen LogP contribution >= 0.6 is 35.0 Å². The zero-order valence-corrected chi connectivity index (χ0v) is 18.3. The van der Waals surface area contributed by atoms with Crippen molar-refractivity contribution in [3.63, 3.8) is 0 Å². The summed E-state index contributed by atoms with van der Waals surface area (Å²) in [6, 6.07) is 9.15. The van der Waals surface area contributed by atoms with Gasteiger partial charge in [-0.15, -0.1) is 10.2 Å². The minimum absolute atomic E-state index is 0.0544. The molecule has 0 spiro atoms. The van der Waals surface area contributed by atoms with Crippen LogP contribution < -0.4 is 10.1 Å². The van der Waals surface area contributed by atoms with Crippen LogP contribution in [0, 0.1) is 0 Å². The first-order valence-corrected chi connectivity index (χ1v) is 10.8. The van der Waals surface area contributed by atoms with E-state index in [9.17, 15) is 4.79 Å². The molecule has 0 radical (unpaired) electrons. The number of aromatic nitrogens is 2. The number of carbonyl (C=O) groups is 1. The van der Waals surface area contributed by atoms with Gasteiger partial charge in [-0.05, 0) is 23.8 Å². The van der Waals surface area contributed by atoms with E-state index in [4.69, 9.17) is 32.7 Å². The lowest BCUT2D eigenvalue weighted by Crippen LogP contribution is -2.47.